The maximum Gasteiger partial charge on any atom is 0.323 e. The molecule has 1 rings (SSSR count). The minimum absolute atomic E-state index is 0.109. The maximum atomic E-state index is 11.9. The molecule has 1 N–H and O–H groups in total. The van der Waals surface area contributed by atoms with Gasteiger partial charge < -0.3 is 10.0 Å². The van der Waals surface area contributed by atoms with E-state index in [2.05, 4.69) is 4.98 Å². The van der Waals surface area contributed by atoms with Crippen LogP contribution in [0.3, 0.4) is 0 Å². The summed E-state index contributed by atoms with van der Waals surface area (Å²) in [5.74, 6) is -1.13. The fourth-order valence-electron chi connectivity index (χ4n) is 1.65. The number of hydrogen-bond donors (Lipinski definition) is 1. The third-order valence-electron chi connectivity index (χ3n) is 2.60. The van der Waals surface area contributed by atoms with E-state index >= 15 is 0 Å². The first-order valence-electron chi connectivity index (χ1n) is 5.91. The van der Waals surface area contributed by atoms with Crippen LogP contribution in [0, 0.1) is 0 Å². The lowest BCUT2D eigenvalue weighted by molar-refractivity contribution is -0.145. The average molecular weight is 250 g/mol. The predicted molar refractivity (Wildman–Crippen MR) is 67.0 cm³/mol. The number of aliphatic carboxylic acids is 1. The summed E-state index contributed by atoms with van der Waals surface area (Å²) in [4.78, 5) is 28.0. The van der Waals surface area contributed by atoms with E-state index in [4.69, 9.17) is 5.11 Å². The Morgan fingerprint density at radius 3 is 2.67 bits per heavy atom. The van der Waals surface area contributed by atoms with E-state index in [9.17, 15) is 9.59 Å². The summed E-state index contributed by atoms with van der Waals surface area (Å²) in [5, 5.41) is 8.76. The summed E-state index contributed by atoms with van der Waals surface area (Å²) >= 11 is 0. The van der Waals surface area contributed by atoms with Gasteiger partial charge in [-0.1, -0.05) is 6.07 Å². The monoisotopic (exact) mass is 250 g/mol. The molecule has 0 aliphatic heterocycles. The quantitative estimate of drug-likeness (QED) is 0.827. The van der Waals surface area contributed by atoms with Crippen molar-refractivity contribution in [2.45, 2.75) is 32.7 Å². The van der Waals surface area contributed by atoms with Gasteiger partial charge >= 0.3 is 5.97 Å². The highest BCUT2D eigenvalue weighted by atomic mass is 16.4. The van der Waals surface area contributed by atoms with Crippen LogP contribution in [0.4, 0.5) is 0 Å². The second-order valence-electron chi connectivity index (χ2n) is 4.37. The van der Waals surface area contributed by atoms with Crippen LogP contribution in [0.1, 0.15) is 25.8 Å². The van der Waals surface area contributed by atoms with Crippen LogP contribution in [-0.4, -0.2) is 39.5 Å². The number of carbonyl (C=O) groups is 2. The summed E-state index contributed by atoms with van der Waals surface area (Å²) in [5.41, 5.74) is 0.977. The maximum absolute atomic E-state index is 11.9. The summed E-state index contributed by atoms with van der Waals surface area (Å²) in [6.07, 6.45) is 4.27. The molecule has 0 radical (unpaired) electrons. The molecule has 98 valence electrons. The first kappa shape index (κ1) is 14.2. The van der Waals surface area contributed by atoms with Gasteiger partial charge in [-0.2, -0.15) is 0 Å². The number of carboxylic acids is 1. The minimum atomic E-state index is -0.988. The van der Waals surface area contributed by atoms with Crippen molar-refractivity contribution in [1.82, 2.24) is 9.88 Å². The molecule has 0 spiro atoms. The third-order valence-corrected chi connectivity index (χ3v) is 2.60. The standard InChI is InChI=1S/C13H18N2O3/c1-10(2)15(9-13(17)18)12(16)6-5-11-4-3-7-14-8-11/h3-4,7-8,10H,5-6,9H2,1-2H3,(H,17,18). The Balaban J connectivity index is 2.54. The highest BCUT2D eigenvalue weighted by molar-refractivity contribution is 5.81. The van der Waals surface area contributed by atoms with Crippen molar-refractivity contribution in [1.29, 1.82) is 0 Å². The molecule has 1 amide bonds. The summed E-state index contributed by atoms with van der Waals surface area (Å²) in [7, 11) is 0. The molecule has 1 aromatic rings. The van der Waals surface area contributed by atoms with Crippen LogP contribution in [0.25, 0.3) is 0 Å². The largest absolute Gasteiger partial charge is 0.480 e. The molecule has 0 aliphatic rings. The lowest BCUT2D eigenvalue weighted by Gasteiger charge is -2.24. The van der Waals surface area contributed by atoms with Gasteiger partial charge in [0.1, 0.15) is 6.54 Å². The second kappa shape index (κ2) is 6.74. The van der Waals surface area contributed by atoms with Crippen molar-refractivity contribution in [3.8, 4) is 0 Å². The van der Waals surface area contributed by atoms with E-state index in [0.717, 1.165) is 5.56 Å². The highest BCUT2D eigenvalue weighted by Gasteiger charge is 2.19. The molecule has 0 saturated heterocycles. The Kier molecular flexibility index (Phi) is 5.30. The number of hydrogen-bond acceptors (Lipinski definition) is 3. The molecule has 0 aliphatic carbocycles. The van der Waals surface area contributed by atoms with Crippen molar-refractivity contribution in [3.63, 3.8) is 0 Å². The van der Waals surface area contributed by atoms with E-state index in [-0.39, 0.29) is 18.5 Å². The van der Waals surface area contributed by atoms with E-state index < -0.39 is 5.97 Å². The van der Waals surface area contributed by atoms with Gasteiger partial charge in [0.15, 0.2) is 0 Å². The molecule has 0 fully saturated rings. The van der Waals surface area contributed by atoms with Gasteiger partial charge in [-0.25, -0.2) is 0 Å². The SMILES string of the molecule is CC(C)N(CC(=O)O)C(=O)CCc1cccnc1. The molecule has 1 aromatic heterocycles. The zero-order valence-corrected chi connectivity index (χ0v) is 10.7. The second-order valence-corrected chi connectivity index (χ2v) is 4.37. The van der Waals surface area contributed by atoms with Crippen LogP contribution in [-0.2, 0) is 16.0 Å². The van der Waals surface area contributed by atoms with Crippen molar-refractivity contribution in [3.05, 3.63) is 30.1 Å². The molecular weight excluding hydrogens is 232 g/mol. The fourth-order valence-corrected chi connectivity index (χ4v) is 1.65. The first-order chi connectivity index (χ1) is 8.50. The molecule has 0 aromatic carbocycles. The molecule has 18 heavy (non-hydrogen) atoms. The number of carbonyl (C=O) groups excluding carboxylic acids is 1. The van der Waals surface area contributed by atoms with E-state index in [0.29, 0.717) is 12.8 Å². The minimum Gasteiger partial charge on any atom is -0.480 e. The van der Waals surface area contributed by atoms with Gasteiger partial charge in [0.25, 0.3) is 0 Å². The first-order valence-corrected chi connectivity index (χ1v) is 5.91. The van der Waals surface area contributed by atoms with Crippen molar-refractivity contribution >= 4 is 11.9 Å². The van der Waals surface area contributed by atoms with Crippen LogP contribution >= 0.6 is 0 Å². The Labute approximate surface area is 106 Å². The van der Waals surface area contributed by atoms with Gasteiger partial charge in [0.2, 0.25) is 5.91 Å². The van der Waals surface area contributed by atoms with E-state index in [1.165, 1.54) is 4.90 Å². The van der Waals surface area contributed by atoms with Crippen LogP contribution in [0.2, 0.25) is 0 Å². The van der Waals surface area contributed by atoms with Gasteiger partial charge in [0.05, 0.1) is 0 Å². The third kappa shape index (κ3) is 4.53. The number of aromatic nitrogens is 1. The van der Waals surface area contributed by atoms with Crippen LogP contribution in [0.15, 0.2) is 24.5 Å². The fraction of sp³-hybridized carbons (Fsp3) is 0.462. The number of carboxylic acid groups (broad SMARTS) is 1. The normalized spacial score (nSPS) is 10.4. The Bertz CT molecular complexity index is 404. The summed E-state index contributed by atoms with van der Waals surface area (Å²) in [6, 6.07) is 3.61. The average Bonchev–Trinajstić information content (AvgIpc) is 2.34. The molecule has 5 nitrogen and oxygen atoms in total. The Hall–Kier alpha value is -1.91. The number of nitrogens with zero attached hydrogens (tertiary/aromatic N) is 2. The van der Waals surface area contributed by atoms with Gasteiger partial charge in [-0.15, -0.1) is 0 Å². The van der Waals surface area contributed by atoms with Crippen LogP contribution in [0.5, 0.6) is 0 Å². The number of amides is 1. The van der Waals surface area contributed by atoms with Crippen molar-refractivity contribution in [2.75, 3.05) is 6.54 Å². The van der Waals surface area contributed by atoms with E-state index in [1.54, 1.807) is 12.4 Å². The van der Waals surface area contributed by atoms with Gasteiger partial charge in [0, 0.05) is 24.9 Å². The van der Waals surface area contributed by atoms with Gasteiger partial charge in [-0.3, -0.25) is 14.6 Å². The molecule has 0 saturated carbocycles. The smallest absolute Gasteiger partial charge is 0.323 e. The molecule has 0 unspecified atom stereocenters. The molecule has 5 heteroatoms. The molecule has 1 heterocycles. The van der Waals surface area contributed by atoms with Crippen LogP contribution < -0.4 is 0 Å². The number of pyridine rings is 1. The van der Waals surface area contributed by atoms with Crippen molar-refractivity contribution in [2.24, 2.45) is 0 Å². The summed E-state index contributed by atoms with van der Waals surface area (Å²) in [6.45, 7) is 3.37. The zero-order chi connectivity index (χ0) is 13.5. The highest BCUT2D eigenvalue weighted by Crippen LogP contribution is 2.06. The lowest BCUT2D eigenvalue weighted by atomic mass is 10.1. The zero-order valence-electron chi connectivity index (χ0n) is 10.7. The Morgan fingerprint density at radius 1 is 1.44 bits per heavy atom. The molecular formula is C13H18N2O3. The van der Waals surface area contributed by atoms with Gasteiger partial charge in [-0.05, 0) is 31.9 Å². The van der Waals surface area contributed by atoms with Crippen molar-refractivity contribution < 1.29 is 14.7 Å². The summed E-state index contributed by atoms with van der Waals surface area (Å²) < 4.78 is 0. The Morgan fingerprint density at radius 2 is 2.17 bits per heavy atom. The number of aryl methyl sites for hydroxylation is 1. The number of rotatable bonds is 6. The lowest BCUT2D eigenvalue weighted by Crippen LogP contribution is -2.40. The molecule has 0 atom stereocenters. The predicted octanol–water partition coefficient (Wildman–Crippen LogP) is 1.34. The van der Waals surface area contributed by atoms with E-state index in [1.807, 2.05) is 26.0 Å². The molecule has 0 bridgehead atoms. The topological polar surface area (TPSA) is 70.5 Å².